The van der Waals surface area contributed by atoms with Gasteiger partial charge in [-0.05, 0) is 26.7 Å². The maximum Gasteiger partial charge on any atom is 0.191 e. The topological polar surface area (TPSA) is 61.8 Å². The normalized spacial score (nSPS) is 16.7. The van der Waals surface area contributed by atoms with E-state index < -0.39 is 0 Å². The third kappa shape index (κ3) is 7.76. The Morgan fingerprint density at radius 3 is 2.39 bits per heavy atom. The lowest BCUT2D eigenvalue weighted by Gasteiger charge is -2.39. The lowest BCUT2D eigenvalue weighted by molar-refractivity contribution is 0.00272. The Morgan fingerprint density at radius 1 is 1.18 bits per heavy atom. The van der Waals surface area contributed by atoms with Gasteiger partial charge in [-0.2, -0.15) is 0 Å². The first-order valence-electron chi connectivity index (χ1n) is 10.4. The quantitative estimate of drug-likeness (QED) is 0.295. The first kappa shape index (κ1) is 25.6. The predicted molar refractivity (Wildman–Crippen MR) is 130 cm³/mol. The summed E-state index contributed by atoms with van der Waals surface area (Å²) in [6.07, 6.45) is 2.40. The summed E-state index contributed by atoms with van der Waals surface area (Å²) in [6, 6.07) is 0.511. The minimum absolute atomic E-state index is 0. The zero-order chi connectivity index (χ0) is 19.6. The molecule has 28 heavy (non-hydrogen) atoms. The summed E-state index contributed by atoms with van der Waals surface area (Å²) in [5, 5.41) is 8.05. The van der Waals surface area contributed by atoms with Gasteiger partial charge in [0, 0.05) is 37.1 Å². The van der Waals surface area contributed by atoms with Crippen molar-refractivity contribution < 1.29 is 4.74 Å². The molecule has 1 unspecified atom stereocenters. The first-order chi connectivity index (χ1) is 13.1. The van der Waals surface area contributed by atoms with Crippen molar-refractivity contribution >= 4 is 41.3 Å². The number of nitrogens with one attached hydrogen (secondary N) is 2. The maximum atomic E-state index is 5.56. The van der Waals surface area contributed by atoms with E-state index in [4.69, 9.17) is 9.73 Å². The smallest absolute Gasteiger partial charge is 0.191 e. The van der Waals surface area contributed by atoms with Gasteiger partial charge in [0.05, 0.1) is 25.5 Å². The largest absolute Gasteiger partial charge is 0.379 e. The lowest BCUT2D eigenvalue weighted by atomic mass is 9.92. The molecule has 1 aromatic heterocycles. The molecule has 2 heterocycles. The van der Waals surface area contributed by atoms with Crippen LogP contribution in [0.15, 0.2) is 4.99 Å². The minimum atomic E-state index is 0. The monoisotopic (exact) mass is 523 g/mol. The van der Waals surface area contributed by atoms with Gasteiger partial charge in [0.1, 0.15) is 5.01 Å². The molecule has 0 bridgehead atoms. The number of rotatable bonds is 9. The standard InChI is InChI=1S/C20H37N5OS.HI/c1-6-17(7-2)18(25-9-11-26-12-10-25)13-22-20(21-8-3)23-14-19-24-15(4)16(5)27-19;/h17-18H,6-14H2,1-5H3,(H2,21,22,23);1H. The summed E-state index contributed by atoms with van der Waals surface area (Å²) in [7, 11) is 0. The second-order valence-corrected chi connectivity index (χ2v) is 8.41. The third-order valence-electron chi connectivity index (χ3n) is 5.38. The van der Waals surface area contributed by atoms with Gasteiger partial charge in [-0.3, -0.25) is 4.90 Å². The first-order valence-corrected chi connectivity index (χ1v) is 11.2. The molecule has 0 spiro atoms. The Morgan fingerprint density at radius 2 is 1.86 bits per heavy atom. The number of thiazole rings is 1. The summed E-state index contributed by atoms with van der Waals surface area (Å²) in [6.45, 7) is 17.0. The molecule has 0 aromatic carbocycles. The van der Waals surface area contributed by atoms with E-state index in [-0.39, 0.29) is 24.0 Å². The van der Waals surface area contributed by atoms with E-state index in [9.17, 15) is 0 Å². The molecular weight excluding hydrogens is 485 g/mol. The fraction of sp³-hybridized carbons (Fsp3) is 0.800. The van der Waals surface area contributed by atoms with Crippen molar-refractivity contribution in [3.05, 3.63) is 15.6 Å². The number of aromatic nitrogens is 1. The molecule has 1 saturated heterocycles. The van der Waals surface area contributed by atoms with E-state index in [0.717, 1.165) is 56.1 Å². The van der Waals surface area contributed by atoms with E-state index >= 15 is 0 Å². The van der Waals surface area contributed by atoms with Gasteiger partial charge in [0.15, 0.2) is 5.96 Å². The molecule has 0 saturated carbocycles. The molecule has 2 rings (SSSR count). The van der Waals surface area contributed by atoms with E-state index in [1.807, 2.05) is 0 Å². The molecule has 8 heteroatoms. The van der Waals surface area contributed by atoms with Crippen LogP contribution >= 0.6 is 35.3 Å². The number of aliphatic imine (C=N–C) groups is 1. The second-order valence-electron chi connectivity index (χ2n) is 7.12. The lowest BCUT2D eigenvalue weighted by Crippen LogP contribution is -2.53. The molecule has 0 amide bonds. The summed E-state index contributed by atoms with van der Waals surface area (Å²) >= 11 is 1.74. The van der Waals surface area contributed by atoms with Crippen LogP contribution < -0.4 is 10.6 Å². The van der Waals surface area contributed by atoms with Crippen molar-refractivity contribution in [1.82, 2.24) is 20.5 Å². The number of morpholine rings is 1. The van der Waals surface area contributed by atoms with E-state index in [2.05, 4.69) is 55.1 Å². The Balaban J connectivity index is 0.00000392. The molecule has 1 atom stereocenters. The fourth-order valence-electron chi connectivity index (χ4n) is 3.63. The highest BCUT2D eigenvalue weighted by atomic mass is 127. The van der Waals surface area contributed by atoms with Crippen LogP contribution in [0.25, 0.3) is 0 Å². The molecule has 1 aliphatic heterocycles. The Kier molecular flexibility index (Phi) is 12.5. The van der Waals surface area contributed by atoms with Crippen LogP contribution in [0.3, 0.4) is 0 Å². The number of hydrogen-bond donors (Lipinski definition) is 2. The Labute approximate surface area is 192 Å². The zero-order valence-corrected chi connectivity index (χ0v) is 21.2. The van der Waals surface area contributed by atoms with Gasteiger partial charge in [-0.25, -0.2) is 9.98 Å². The van der Waals surface area contributed by atoms with Gasteiger partial charge in [-0.1, -0.05) is 26.7 Å². The van der Waals surface area contributed by atoms with E-state index in [1.165, 1.54) is 17.7 Å². The van der Waals surface area contributed by atoms with Gasteiger partial charge in [0.25, 0.3) is 0 Å². The fourth-order valence-corrected chi connectivity index (χ4v) is 4.49. The van der Waals surface area contributed by atoms with Gasteiger partial charge in [-0.15, -0.1) is 35.3 Å². The number of hydrogen-bond acceptors (Lipinski definition) is 5. The Bertz CT molecular complexity index is 566. The van der Waals surface area contributed by atoms with Gasteiger partial charge < -0.3 is 15.4 Å². The van der Waals surface area contributed by atoms with Crippen molar-refractivity contribution in [2.24, 2.45) is 10.9 Å². The zero-order valence-electron chi connectivity index (χ0n) is 18.1. The molecule has 1 aliphatic rings. The molecule has 6 nitrogen and oxygen atoms in total. The molecular formula is C20H38IN5OS. The summed E-state index contributed by atoms with van der Waals surface area (Å²) < 4.78 is 5.56. The van der Waals surface area contributed by atoms with Gasteiger partial charge in [0.2, 0.25) is 0 Å². The predicted octanol–water partition coefficient (Wildman–Crippen LogP) is 3.57. The molecule has 1 aromatic rings. The Hall–Kier alpha value is -0.450. The summed E-state index contributed by atoms with van der Waals surface area (Å²) in [4.78, 5) is 13.2. The number of guanidine groups is 1. The maximum absolute atomic E-state index is 5.56. The van der Waals surface area contributed by atoms with Gasteiger partial charge >= 0.3 is 0 Å². The SMILES string of the molecule is CCNC(=NCc1nc(C)c(C)s1)NCC(C(CC)CC)N1CCOCC1.I. The average Bonchev–Trinajstić information content (AvgIpc) is 3.01. The van der Waals surface area contributed by atoms with Crippen molar-refractivity contribution in [2.45, 2.75) is 60.0 Å². The highest BCUT2D eigenvalue weighted by molar-refractivity contribution is 14.0. The van der Waals surface area contributed by atoms with Crippen molar-refractivity contribution in [3.63, 3.8) is 0 Å². The highest BCUT2D eigenvalue weighted by Crippen LogP contribution is 2.20. The van der Waals surface area contributed by atoms with E-state index in [1.54, 1.807) is 11.3 Å². The third-order valence-corrected chi connectivity index (χ3v) is 6.43. The number of ether oxygens (including phenoxy) is 1. The number of nitrogens with zero attached hydrogens (tertiary/aromatic N) is 3. The van der Waals surface area contributed by atoms with E-state index in [0.29, 0.717) is 18.5 Å². The molecule has 0 radical (unpaired) electrons. The average molecular weight is 524 g/mol. The van der Waals surface area contributed by atoms with Crippen LogP contribution in [0.2, 0.25) is 0 Å². The van der Waals surface area contributed by atoms with Crippen molar-refractivity contribution in [3.8, 4) is 0 Å². The number of halogens is 1. The van der Waals surface area contributed by atoms with Crippen LogP contribution in [0.1, 0.15) is 49.2 Å². The minimum Gasteiger partial charge on any atom is -0.379 e. The van der Waals surface area contributed by atoms with Crippen molar-refractivity contribution in [2.75, 3.05) is 39.4 Å². The molecule has 1 fully saturated rings. The molecule has 0 aliphatic carbocycles. The van der Waals surface area contributed by atoms with Crippen molar-refractivity contribution in [1.29, 1.82) is 0 Å². The van der Waals surface area contributed by atoms with Crippen LogP contribution in [0, 0.1) is 19.8 Å². The second kappa shape index (κ2) is 13.7. The molecule has 162 valence electrons. The summed E-state index contributed by atoms with van der Waals surface area (Å²) in [5.41, 5.74) is 1.12. The van der Waals surface area contributed by atoms with Crippen LogP contribution in [-0.4, -0.2) is 61.3 Å². The summed E-state index contributed by atoms with van der Waals surface area (Å²) in [5.74, 6) is 1.56. The van der Waals surface area contributed by atoms with Crippen LogP contribution in [-0.2, 0) is 11.3 Å². The number of aryl methyl sites for hydroxylation is 2. The molecule has 2 N–H and O–H groups in total. The highest BCUT2D eigenvalue weighted by Gasteiger charge is 2.27. The van der Waals surface area contributed by atoms with Crippen LogP contribution in [0.5, 0.6) is 0 Å². The van der Waals surface area contributed by atoms with Crippen LogP contribution in [0.4, 0.5) is 0 Å².